The van der Waals surface area contributed by atoms with E-state index in [9.17, 15) is 19.2 Å². The maximum absolute atomic E-state index is 12.9. The Morgan fingerprint density at radius 3 is 1.20 bits per heavy atom. The number of rotatable bonds is 8. The summed E-state index contributed by atoms with van der Waals surface area (Å²) in [6, 6.07) is 22.6. The Labute approximate surface area is 313 Å². The van der Waals surface area contributed by atoms with Crippen LogP contribution < -0.4 is 0 Å². The van der Waals surface area contributed by atoms with Gasteiger partial charge in [-0.15, -0.1) is 0 Å². The van der Waals surface area contributed by atoms with Crippen molar-refractivity contribution in [3.63, 3.8) is 0 Å². The normalized spacial score (nSPS) is 14.4. The minimum atomic E-state index is -0.420. The van der Waals surface area contributed by atoms with Gasteiger partial charge in [0.05, 0.1) is 56.8 Å². The molecule has 254 valence electrons. The van der Waals surface area contributed by atoms with Gasteiger partial charge in [0.25, 0.3) is 34.1 Å². The average Bonchev–Trinajstić information content (AvgIpc) is 3.49. The van der Waals surface area contributed by atoms with Crippen LogP contribution in [0, 0.1) is 0 Å². The van der Waals surface area contributed by atoms with Crippen LogP contribution in [0.2, 0.25) is 20.1 Å². The summed E-state index contributed by atoms with van der Waals surface area (Å²) in [6.07, 6.45) is 0. The van der Waals surface area contributed by atoms with Crippen LogP contribution >= 0.6 is 68.0 Å². The van der Waals surface area contributed by atoms with Crippen LogP contribution in [-0.4, -0.2) is 70.2 Å². The minimum Gasteiger partial charge on any atom is -0.470 e. The number of halogens is 4. The first-order chi connectivity index (χ1) is 24.1. The monoisotopic (exact) mass is 786 g/mol. The highest BCUT2D eigenvalue weighted by atomic mass is 35.5. The van der Waals surface area contributed by atoms with Crippen molar-refractivity contribution in [2.24, 2.45) is 9.98 Å². The molecule has 2 aliphatic rings. The summed E-state index contributed by atoms with van der Waals surface area (Å²) < 4.78 is 12.0. The molecular formula is C34H22Cl4N4O6S2. The topological polar surface area (TPSA) is 118 Å². The van der Waals surface area contributed by atoms with Crippen molar-refractivity contribution in [1.29, 1.82) is 0 Å². The van der Waals surface area contributed by atoms with Crippen LogP contribution in [0.4, 0.5) is 11.4 Å². The number of imide groups is 2. The molecule has 0 saturated heterocycles. The van der Waals surface area contributed by atoms with Crippen molar-refractivity contribution in [3.8, 4) is 0 Å². The molecule has 0 fully saturated rings. The van der Waals surface area contributed by atoms with Crippen molar-refractivity contribution in [3.05, 3.63) is 127 Å². The molecule has 10 nitrogen and oxygen atoms in total. The molecule has 2 aliphatic heterocycles. The Morgan fingerprint density at radius 1 is 0.540 bits per heavy atom. The van der Waals surface area contributed by atoms with Crippen molar-refractivity contribution in [2.75, 3.05) is 26.3 Å². The Bertz CT molecular complexity index is 1880. The fraction of sp³-hybridized carbons (Fsp3) is 0.118. The number of aliphatic imine (C=N–C) groups is 2. The van der Waals surface area contributed by atoms with Gasteiger partial charge in [-0.3, -0.25) is 29.0 Å². The highest BCUT2D eigenvalue weighted by molar-refractivity contribution is 8.87. The number of carbonyl (C=O) groups is 4. The fourth-order valence-corrected chi connectivity index (χ4v) is 7.41. The molecule has 6 rings (SSSR count). The van der Waals surface area contributed by atoms with Gasteiger partial charge in [-0.1, -0.05) is 70.7 Å². The molecule has 0 aromatic heterocycles. The van der Waals surface area contributed by atoms with Gasteiger partial charge in [0, 0.05) is 31.6 Å². The summed E-state index contributed by atoms with van der Waals surface area (Å²) in [5.74, 6) is -1.68. The maximum Gasteiger partial charge on any atom is 0.262 e. The summed E-state index contributed by atoms with van der Waals surface area (Å²) in [6.45, 7) is -0.301. The minimum absolute atomic E-state index is 0.0525. The van der Waals surface area contributed by atoms with Crippen LogP contribution in [0.15, 0.2) is 94.9 Å². The van der Waals surface area contributed by atoms with Gasteiger partial charge in [0.2, 0.25) is 0 Å². The number of nitrogens with zero attached hydrogens (tertiary/aromatic N) is 4. The van der Waals surface area contributed by atoms with E-state index in [0.29, 0.717) is 43.7 Å². The van der Waals surface area contributed by atoms with Crippen molar-refractivity contribution < 1.29 is 28.7 Å². The summed E-state index contributed by atoms with van der Waals surface area (Å²) >= 11 is 24.9. The van der Waals surface area contributed by atoms with Crippen LogP contribution in [0.1, 0.15) is 41.4 Å². The lowest BCUT2D eigenvalue weighted by molar-refractivity contribution is 0.0615. The first-order valence-electron chi connectivity index (χ1n) is 14.7. The van der Waals surface area contributed by atoms with E-state index in [2.05, 4.69) is 9.98 Å². The van der Waals surface area contributed by atoms with Crippen LogP contribution in [0.5, 0.6) is 0 Å². The van der Waals surface area contributed by atoms with E-state index in [-0.39, 0.29) is 46.8 Å². The highest BCUT2D eigenvalue weighted by Crippen LogP contribution is 2.35. The third kappa shape index (κ3) is 7.96. The number of hydrogen-bond donors (Lipinski definition) is 0. The summed E-state index contributed by atoms with van der Waals surface area (Å²) in [7, 11) is 2.01. The van der Waals surface area contributed by atoms with Crippen LogP contribution in [0.25, 0.3) is 0 Å². The lowest BCUT2D eigenvalue weighted by atomic mass is 10.1. The second kappa shape index (κ2) is 15.9. The smallest absolute Gasteiger partial charge is 0.262 e. The number of benzene rings is 4. The molecule has 4 aromatic carbocycles. The third-order valence-corrected chi connectivity index (χ3v) is 10.2. The summed E-state index contributed by atoms with van der Waals surface area (Å²) in [4.78, 5) is 62.8. The lowest BCUT2D eigenvalue weighted by Crippen LogP contribution is -2.33. The lowest BCUT2D eigenvalue weighted by Gasteiger charge is -2.16. The molecule has 50 heavy (non-hydrogen) atoms. The van der Waals surface area contributed by atoms with Gasteiger partial charge in [0.15, 0.2) is 0 Å². The van der Waals surface area contributed by atoms with Crippen LogP contribution in [0.3, 0.4) is 0 Å². The van der Waals surface area contributed by atoms with Crippen molar-refractivity contribution in [2.45, 2.75) is 0 Å². The summed E-state index contributed by atoms with van der Waals surface area (Å²) in [5.41, 5.74) is 1.97. The molecule has 0 atom stereocenters. The maximum atomic E-state index is 12.9. The highest BCUT2D eigenvalue weighted by Gasteiger charge is 2.36. The molecule has 0 radical (unpaired) electrons. The largest absolute Gasteiger partial charge is 0.470 e. The molecule has 4 aromatic rings. The quantitative estimate of drug-likeness (QED) is 0.0752. The predicted octanol–water partition coefficient (Wildman–Crippen LogP) is 8.98. The molecule has 0 unspecified atom stereocenters. The molecule has 2 heterocycles. The van der Waals surface area contributed by atoms with E-state index < -0.39 is 23.6 Å². The zero-order chi connectivity index (χ0) is 35.4. The van der Waals surface area contributed by atoms with E-state index in [1.165, 1.54) is 12.1 Å². The van der Waals surface area contributed by atoms with Gasteiger partial charge < -0.3 is 9.47 Å². The first-order valence-corrected chi connectivity index (χ1v) is 18.3. The van der Waals surface area contributed by atoms with Crippen molar-refractivity contribution >= 4 is 113 Å². The molecule has 0 spiro atoms. The van der Waals surface area contributed by atoms with E-state index in [0.717, 1.165) is 31.4 Å². The zero-order valence-corrected chi connectivity index (χ0v) is 30.1. The Morgan fingerprint density at radius 2 is 0.880 bits per heavy atom. The molecule has 0 saturated carbocycles. The van der Waals surface area contributed by atoms with E-state index >= 15 is 0 Å². The van der Waals surface area contributed by atoms with Crippen LogP contribution in [-0.2, 0) is 9.47 Å². The number of ether oxygens (including phenoxy) is 2. The van der Waals surface area contributed by atoms with Gasteiger partial charge in [0.1, 0.15) is 13.2 Å². The molecule has 0 N–H and O–H groups in total. The Balaban J connectivity index is 1.19. The molecular weight excluding hydrogens is 766 g/mol. The van der Waals surface area contributed by atoms with Gasteiger partial charge >= 0.3 is 0 Å². The molecule has 4 amide bonds. The molecule has 0 aliphatic carbocycles. The first kappa shape index (κ1) is 35.8. The van der Waals surface area contributed by atoms with Gasteiger partial charge in [-0.25, -0.2) is 9.98 Å². The fourth-order valence-electron chi connectivity index (χ4n) is 4.89. The number of amides is 4. The number of hydrogen-bond acceptors (Lipinski definition) is 10. The van der Waals surface area contributed by atoms with Gasteiger partial charge in [-0.05, 0) is 60.7 Å². The predicted molar refractivity (Wildman–Crippen MR) is 198 cm³/mol. The third-order valence-electron chi connectivity index (χ3n) is 7.26. The van der Waals surface area contributed by atoms with E-state index in [1.807, 2.05) is 0 Å². The zero-order valence-electron chi connectivity index (χ0n) is 25.5. The standard InChI is InChI=1S/C34H22Cl4N4O6S2/c35-19-9-11-27(25(37)17-19)39-33(47-15-13-41-29(43)21-5-1-2-6-22(21)30(41)44)49-50-34(40-28-12-10-20(36)18-26(28)38)48-16-14-42-31(45)23-7-3-4-8-24(23)32(42)46/h1-12,17-18H,13-16H2. The second-order valence-electron chi connectivity index (χ2n) is 10.4. The average molecular weight is 789 g/mol. The molecule has 16 heteroatoms. The van der Waals surface area contributed by atoms with E-state index in [4.69, 9.17) is 55.9 Å². The molecule has 0 bridgehead atoms. The van der Waals surface area contributed by atoms with E-state index in [1.54, 1.807) is 72.8 Å². The van der Waals surface area contributed by atoms with Crippen molar-refractivity contribution in [1.82, 2.24) is 9.80 Å². The Kier molecular flexibility index (Phi) is 11.4. The summed E-state index contributed by atoms with van der Waals surface area (Å²) in [5, 5.41) is 1.48. The number of carbonyl (C=O) groups excluding carboxylic acids is 4. The van der Waals surface area contributed by atoms with Gasteiger partial charge in [-0.2, -0.15) is 0 Å². The Hall–Kier alpha value is -4.04. The SMILES string of the molecule is O=C1c2ccccc2C(=O)N1CCOC(=Nc1ccc(Cl)cc1Cl)SSC(=Nc1ccc(Cl)cc1Cl)OCCN1C(=O)c2ccccc2C1=O. The number of fused-ring (bicyclic) bond motifs is 2. The second-order valence-corrected chi connectivity index (χ2v) is 14.1.